The van der Waals surface area contributed by atoms with Gasteiger partial charge < -0.3 is 37.0 Å². The van der Waals surface area contributed by atoms with Crippen LogP contribution in [0.3, 0.4) is 0 Å². The zero-order valence-corrected chi connectivity index (χ0v) is 19.0. The predicted molar refractivity (Wildman–Crippen MR) is 126 cm³/mol. The molecule has 11 heteroatoms. The summed E-state index contributed by atoms with van der Waals surface area (Å²) in [5, 5.41) is 34.6. The first-order valence-electron chi connectivity index (χ1n) is 10.9. The van der Waals surface area contributed by atoms with Crippen LogP contribution in [0.2, 0.25) is 0 Å². The standard InChI is InChI=1S/C24H30N4O7/c25-17(11-15-7-3-1-4-8-15)21(31)26-18(12-16-9-5-2-6-10-16)22(32)27-19(13-29)23(33)28-20(14-30)24(34)35/h1-10,17-20,29-30H,11-14,25H2,(H,26,31)(H,27,32)(H,28,33)(H,34,35)/t17-,18-,19-,20-/m1/s1. The number of aliphatic carboxylic acids is 1. The Hall–Kier alpha value is -3.80. The lowest BCUT2D eigenvalue weighted by Crippen LogP contribution is -2.59. The van der Waals surface area contributed by atoms with Gasteiger partial charge in [-0.25, -0.2) is 4.79 Å². The summed E-state index contributed by atoms with van der Waals surface area (Å²) in [5.41, 5.74) is 7.60. The number of carboxylic acid groups (broad SMARTS) is 1. The lowest BCUT2D eigenvalue weighted by Gasteiger charge is -2.24. The van der Waals surface area contributed by atoms with Crippen molar-refractivity contribution in [3.8, 4) is 0 Å². The number of carbonyl (C=O) groups excluding carboxylic acids is 3. The average Bonchev–Trinajstić information content (AvgIpc) is 2.86. The summed E-state index contributed by atoms with van der Waals surface area (Å²) in [5.74, 6) is -3.85. The number of rotatable bonds is 13. The van der Waals surface area contributed by atoms with Crippen LogP contribution in [0.15, 0.2) is 60.7 Å². The van der Waals surface area contributed by atoms with Gasteiger partial charge in [-0.1, -0.05) is 60.7 Å². The SMILES string of the molecule is N[C@H](Cc1ccccc1)C(=O)N[C@H](Cc1ccccc1)C(=O)N[C@H](CO)C(=O)N[C@H](CO)C(=O)O. The van der Waals surface area contributed by atoms with Crippen molar-refractivity contribution in [2.45, 2.75) is 37.0 Å². The van der Waals surface area contributed by atoms with E-state index in [0.29, 0.717) is 0 Å². The zero-order valence-electron chi connectivity index (χ0n) is 19.0. The number of carboxylic acids is 1. The molecule has 0 saturated heterocycles. The molecule has 0 unspecified atom stereocenters. The number of nitrogens with two attached hydrogens (primary N) is 1. The first kappa shape index (κ1) is 27.4. The van der Waals surface area contributed by atoms with E-state index in [1.165, 1.54) is 0 Å². The first-order valence-corrected chi connectivity index (χ1v) is 10.9. The second-order valence-corrected chi connectivity index (χ2v) is 7.87. The fraction of sp³-hybridized carbons (Fsp3) is 0.333. The molecule has 0 radical (unpaired) electrons. The summed E-state index contributed by atoms with van der Waals surface area (Å²) in [6.45, 7) is -1.71. The maximum absolute atomic E-state index is 13.0. The molecular weight excluding hydrogens is 456 g/mol. The second kappa shape index (κ2) is 13.8. The monoisotopic (exact) mass is 486 g/mol. The van der Waals surface area contributed by atoms with Gasteiger partial charge in [0, 0.05) is 6.42 Å². The Labute approximate surface area is 202 Å². The third kappa shape index (κ3) is 8.81. The Balaban J connectivity index is 2.12. The fourth-order valence-electron chi connectivity index (χ4n) is 3.22. The Morgan fingerprint density at radius 2 is 1.09 bits per heavy atom. The Kier molecular flexibility index (Phi) is 10.8. The molecule has 2 aromatic carbocycles. The summed E-state index contributed by atoms with van der Waals surface area (Å²) in [6.07, 6.45) is 0.316. The molecule has 0 aromatic heterocycles. The molecule has 0 aliphatic heterocycles. The number of hydrogen-bond donors (Lipinski definition) is 7. The molecule has 35 heavy (non-hydrogen) atoms. The smallest absolute Gasteiger partial charge is 0.328 e. The first-order chi connectivity index (χ1) is 16.7. The number of carbonyl (C=O) groups is 4. The Morgan fingerprint density at radius 3 is 1.57 bits per heavy atom. The van der Waals surface area contributed by atoms with E-state index in [0.717, 1.165) is 11.1 Å². The van der Waals surface area contributed by atoms with Crippen molar-refractivity contribution in [3.05, 3.63) is 71.8 Å². The van der Waals surface area contributed by atoms with E-state index in [9.17, 15) is 24.3 Å². The number of hydrogen-bond acceptors (Lipinski definition) is 7. The van der Waals surface area contributed by atoms with Crippen LogP contribution in [0.5, 0.6) is 0 Å². The van der Waals surface area contributed by atoms with Crippen LogP contribution in [0, 0.1) is 0 Å². The van der Waals surface area contributed by atoms with Crippen molar-refractivity contribution < 1.29 is 34.5 Å². The average molecular weight is 487 g/mol. The van der Waals surface area contributed by atoms with Gasteiger partial charge in [-0.3, -0.25) is 14.4 Å². The molecule has 0 aliphatic rings. The number of aliphatic hydroxyl groups excluding tert-OH is 2. The Bertz CT molecular complexity index is 988. The highest BCUT2D eigenvalue weighted by atomic mass is 16.4. The zero-order chi connectivity index (χ0) is 25.8. The van der Waals surface area contributed by atoms with Crippen molar-refractivity contribution in [1.29, 1.82) is 0 Å². The van der Waals surface area contributed by atoms with Crippen molar-refractivity contribution in [2.24, 2.45) is 5.73 Å². The molecule has 0 spiro atoms. The molecule has 0 bridgehead atoms. The summed E-state index contributed by atoms with van der Waals surface area (Å²) in [6, 6.07) is 12.7. The normalized spacial score (nSPS) is 14.1. The van der Waals surface area contributed by atoms with Gasteiger partial charge in [-0.2, -0.15) is 0 Å². The van der Waals surface area contributed by atoms with Crippen molar-refractivity contribution in [1.82, 2.24) is 16.0 Å². The number of nitrogens with one attached hydrogen (secondary N) is 3. The summed E-state index contributed by atoms with van der Waals surface area (Å²) in [4.78, 5) is 49.1. The molecule has 2 aromatic rings. The quantitative estimate of drug-likeness (QED) is 0.175. The van der Waals surface area contributed by atoms with Crippen LogP contribution in [-0.2, 0) is 32.0 Å². The van der Waals surface area contributed by atoms with Crippen molar-refractivity contribution in [2.75, 3.05) is 13.2 Å². The van der Waals surface area contributed by atoms with Crippen molar-refractivity contribution >= 4 is 23.7 Å². The molecule has 0 saturated carbocycles. The van der Waals surface area contributed by atoms with E-state index in [4.69, 9.17) is 15.9 Å². The minimum absolute atomic E-state index is 0.0740. The summed E-state index contributed by atoms with van der Waals surface area (Å²) >= 11 is 0. The molecule has 2 rings (SSSR count). The minimum atomic E-state index is -1.61. The van der Waals surface area contributed by atoms with Gasteiger partial charge >= 0.3 is 5.97 Å². The predicted octanol–water partition coefficient (Wildman–Crippen LogP) is -1.68. The Morgan fingerprint density at radius 1 is 0.657 bits per heavy atom. The van der Waals surface area contributed by atoms with Crippen LogP contribution >= 0.6 is 0 Å². The number of amides is 3. The molecule has 188 valence electrons. The molecule has 0 aliphatic carbocycles. The topological polar surface area (TPSA) is 191 Å². The minimum Gasteiger partial charge on any atom is -0.480 e. The molecule has 0 heterocycles. The van der Waals surface area contributed by atoms with Gasteiger partial charge in [0.25, 0.3) is 0 Å². The third-order valence-corrected chi connectivity index (χ3v) is 5.16. The van der Waals surface area contributed by atoms with E-state index >= 15 is 0 Å². The molecule has 8 N–H and O–H groups in total. The molecule has 0 fully saturated rings. The highest BCUT2D eigenvalue weighted by Gasteiger charge is 2.30. The molecule has 4 atom stereocenters. The largest absolute Gasteiger partial charge is 0.480 e. The molecule has 11 nitrogen and oxygen atoms in total. The third-order valence-electron chi connectivity index (χ3n) is 5.16. The van der Waals surface area contributed by atoms with Gasteiger partial charge in [-0.15, -0.1) is 0 Å². The summed E-state index contributed by atoms with van der Waals surface area (Å²) < 4.78 is 0. The van der Waals surface area contributed by atoms with Gasteiger partial charge in [0.15, 0.2) is 0 Å². The fourth-order valence-corrected chi connectivity index (χ4v) is 3.22. The van der Waals surface area contributed by atoms with Gasteiger partial charge in [0.1, 0.15) is 18.1 Å². The van der Waals surface area contributed by atoms with Crippen LogP contribution < -0.4 is 21.7 Å². The molecular formula is C24H30N4O7. The van der Waals surface area contributed by atoms with Gasteiger partial charge in [0.05, 0.1) is 19.3 Å². The second-order valence-electron chi connectivity index (χ2n) is 7.87. The number of aliphatic hydroxyl groups is 2. The van der Waals surface area contributed by atoms with E-state index in [-0.39, 0.29) is 12.8 Å². The lowest BCUT2D eigenvalue weighted by molar-refractivity contribution is -0.143. The van der Waals surface area contributed by atoms with Gasteiger partial charge in [0.2, 0.25) is 17.7 Å². The van der Waals surface area contributed by atoms with Gasteiger partial charge in [-0.05, 0) is 17.5 Å². The highest BCUT2D eigenvalue weighted by Crippen LogP contribution is 2.06. The lowest BCUT2D eigenvalue weighted by atomic mass is 10.0. The van der Waals surface area contributed by atoms with E-state index < -0.39 is 61.1 Å². The van der Waals surface area contributed by atoms with Crippen molar-refractivity contribution in [3.63, 3.8) is 0 Å². The van der Waals surface area contributed by atoms with E-state index in [1.54, 1.807) is 30.3 Å². The van der Waals surface area contributed by atoms with Crippen LogP contribution in [0.1, 0.15) is 11.1 Å². The highest BCUT2D eigenvalue weighted by molar-refractivity contribution is 5.94. The van der Waals surface area contributed by atoms with E-state index in [1.807, 2.05) is 35.6 Å². The van der Waals surface area contributed by atoms with E-state index in [2.05, 4.69) is 10.6 Å². The molecule has 3 amide bonds. The van der Waals surface area contributed by atoms with Crippen LogP contribution in [0.25, 0.3) is 0 Å². The maximum Gasteiger partial charge on any atom is 0.328 e. The maximum atomic E-state index is 13.0. The number of benzene rings is 2. The van der Waals surface area contributed by atoms with Crippen LogP contribution in [-0.4, -0.2) is 76.4 Å². The van der Waals surface area contributed by atoms with Crippen LogP contribution in [0.4, 0.5) is 0 Å². The summed E-state index contributed by atoms with van der Waals surface area (Å²) in [7, 11) is 0.